The van der Waals surface area contributed by atoms with Crippen LogP contribution in [0.3, 0.4) is 0 Å². The number of rotatable bonds is 5. The Morgan fingerprint density at radius 3 is 2.19 bits per heavy atom. The number of benzene rings is 2. The van der Waals surface area contributed by atoms with Crippen LogP contribution in [0.1, 0.15) is 68.1 Å². The van der Waals surface area contributed by atoms with Crippen LogP contribution in [-0.4, -0.2) is 31.6 Å². The third kappa shape index (κ3) is 4.95. The minimum Gasteiger partial charge on any atom is -0.744 e. The number of aryl methyl sites for hydroxylation is 2. The Balaban J connectivity index is 0.000000189. The van der Waals surface area contributed by atoms with Gasteiger partial charge in [-0.3, -0.25) is 0 Å². The molecule has 4 nitrogen and oxygen atoms in total. The first-order chi connectivity index (χ1) is 15.3. The summed E-state index contributed by atoms with van der Waals surface area (Å²) in [5.41, 5.74) is 3.97. The maximum absolute atomic E-state index is 10.4. The summed E-state index contributed by atoms with van der Waals surface area (Å²) in [7, 11) is -4.27. The van der Waals surface area contributed by atoms with Crippen molar-refractivity contribution in [3.05, 3.63) is 65.2 Å². The summed E-state index contributed by atoms with van der Waals surface area (Å²) in [5, 5.41) is 0. The quantitative estimate of drug-likeness (QED) is 0.686. The van der Waals surface area contributed by atoms with Crippen LogP contribution in [-0.2, 0) is 10.1 Å². The van der Waals surface area contributed by atoms with Gasteiger partial charge in [-0.2, -0.15) is 0 Å². The second kappa shape index (κ2) is 9.66. The highest BCUT2D eigenvalue weighted by atomic mass is 32.2. The highest BCUT2D eigenvalue weighted by Gasteiger charge is 2.58. The average Bonchev–Trinajstić information content (AvgIpc) is 3.28. The Hall–Kier alpha value is -1.69. The number of hydrogen-bond donors (Lipinski definition) is 1. The molecule has 0 saturated carbocycles. The standard InChI is InChI=1S/C20H29N.C7H8O3S/c1-3-4-5-18-19(15-8-6-14(2)7-9-15)13-17-12-16-10-11-21(17)20(16)18;1-6-2-4-7(5-3-6)11(8,9)10/h6-9,16-20H,3-5,10-13H2,1-2H3;2-5H,1H3,(H,8,9,10)/t16-,17+,18+,19+,20-;/m0./s1. The molecule has 32 heavy (non-hydrogen) atoms. The second-order valence-electron chi connectivity index (χ2n) is 10.2. The first-order valence-corrected chi connectivity index (χ1v) is 13.6. The number of quaternary nitrogens is 1. The van der Waals surface area contributed by atoms with Crippen LogP contribution in [0.2, 0.25) is 0 Å². The van der Waals surface area contributed by atoms with Gasteiger partial charge in [-0.1, -0.05) is 67.3 Å². The average molecular weight is 456 g/mol. The SMILES string of the molecule is CCCC[C@H]1[C@@H]2[C@H]3CC[NH+]2[C@H](C3)C[C@@H]1c1ccc(C)cc1.Cc1ccc(S(=O)(=O)[O-])cc1. The van der Waals surface area contributed by atoms with Crippen molar-refractivity contribution in [1.82, 2.24) is 0 Å². The molecule has 5 heteroatoms. The van der Waals surface area contributed by atoms with Crippen LogP contribution in [0.15, 0.2) is 53.4 Å². The predicted octanol–water partition coefficient (Wildman–Crippen LogP) is 4.23. The summed E-state index contributed by atoms with van der Waals surface area (Å²) in [6.07, 6.45) is 8.75. The molecule has 3 saturated heterocycles. The fourth-order valence-electron chi connectivity index (χ4n) is 6.58. The fraction of sp³-hybridized carbons (Fsp3) is 0.556. The van der Waals surface area contributed by atoms with Gasteiger partial charge in [-0.25, -0.2) is 8.42 Å². The van der Waals surface area contributed by atoms with E-state index in [9.17, 15) is 13.0 Å². The fourth-order valence-corrected chi connectivity index (χ4v) is 7.05. The molecule has 0 aromatic heterocycles. The molecule has 0 aliphatic carbocycles. The van der Waals surface area contributed by atoms with Crippen molar-refractivity contribution in [3.8, 4) is 0 Å². The smallest absolute Gasteiger partial charge is 0.124 e. The Bertz CT molecular complexity index is 1000. The molecule has 174 valence electrons. The molecule has 1 unspecified atom stereocenters. The topological polar surface area (TPSA) is 61.6 Å². The molecule has 1 N–H and O–H groups in total. The van der Waals surface area contributed by atoms with E-state index in [0.717, 1.165) is 35.4 Å². The predicted molar refractivity (Wildman–Crippen MR) is 127 cm³/mol. The zero-order valence-corrected chi connectivity index (χ0v) is 20.4. The summed E-state index contributed by atoms with van der Waals surface area (Å²) >= 11 is 0. The summed E-state index contributed by atoms with van der Waals surface area (Å²) < 4.78 is 31.2. The molecule has 0 amide bonds. The molecule has 3 aliphatic heterocycles. The van der Waals surface area contributed by atoms with Crippen LogP contribution in [0.4, 0.5) is 0 Å². The Morgan fingerprint density at radius 1 is 0.969 bits per heavy atom. The lowest BCUT2D eigenvalue weighted by Crippen LogP contribution is -3.17. The van der Waals surface area contributed by atoms with Gasteiger partial charge in [-0.05, 0) is 43.9 Å². The van der Waals surface area contributed by atoms with Gasteiger partial charge in [0.1, 0.15) is 10.1 Å². The molecule has 3 fully saturated rings. The van der Waals surface area contributed by atoms with E-state index in [-0.39, 0.29) is 4.90 Å². The lowest BCUT2D eigenvalue weighted by atomic mass is 9.73. The first-order valence-electron chi connectivity index (χ1n) is 12.2. The number of piperidine rings is 2. The van der Waals surface area contributed by atoms with Gasteiger partial charge in [0.2, 0.25) is 0 Å². The van der Waals surface area contributed by atoms with Crippen LogP contribution >= 0.6 is 0 Å². The van der Waals surface area contributed by atoms with Crippen LogP contribution < -0.4 is 4.90 Å². The van der Waals surface area contributed by atoms with Gasteiger partial charge < -0.3 is 9.45 Å². The molecule has 4 bridgehead atoms. The van der Waals surface area contributed by atoms with Crippen molar-refractivity contribution < 1.29 is 17.9 Å². The second-order valence-corrected chi connectivity index (χ2v) is 11.5. The van der Waals surface area contributed by atoms with Crippen molar-refractivity contribution in [2.45, 2.75) is 82.2 Å². The molecule has 3 aliphatic rings. The number of nitrogens with one attached hydrogen (secondary N) is 1. The Kier molecular flexibility index (Phi) is 7.09. The van der Waals surface area contributed by atoms with E-state index in [4.69, 9.17) is 0 Å². The van der Waals surface area contributed by atoms with Gasteiger partial charge >= 0.3 is 0 Å². The molecular weight excluding hydrogens is 418 g/mol. The van der Waals surface area contributed by atoms with Crippen LogP contribution in [0.25, 0.3) is 0 Å². The molecule has 3 heterocycles. The summed E-state index contributed by atoms with van der Waals surface area (Å²) in [6, 6.07) is 17.3. The van der Waals surface area contributed by atoms with Crippen molar-refractivity contribution in [1.29, 1.82) is 0 Å². The Labute approximate surface area is 193 Å². The summed E-state index contributed by atoms with van der Waals surface area (Å²) in [4.78, 5) is 1.83. The number of hydrogen-bond acceptors (Lipinski definition) is 3. The van der Waals surface area contributed by atoms with Crippen LogP contribution in [0.5, 0.6) is 0 Å². The normalized spacial score (nSPS) is 30.6. The van der Waals surface area contributed by atoms with E-state index >= 15 is 0 Å². The molecule has 6 atom stereocenters. The minimum atomic E-state index is -4.27. The van der Waals surface area contributed by atoms with Crippen LogP contribution in [0, 0.1) is 25.7 Å². The maximum Gasteiger partial charge on any atom is 0.124 e. The van der Waals surface area contributed by atoms with Crippen molar-refractivity contribution in [2.75, 3.05) is 6.54 Å². The van der Waals surface area contributed by atoms with Gasteiger partial charge in [0.15, 0.2) is 0 Å². The zero-order chi connectivity index (χ0) is 22.9. The largest absolute Gasteiger partial charge is 0.744 e. The molecular formula is C27H37NO3S. The van der Waals surface area contributed by atoms with E-state index in [1.54, 1.807) is 17.7 Å². The van der Waals surface area contributed by atoms with E-state index in [1.165, 1.54) is 62.8 Å². The lowest BCUT2D eigenvalue weighted by Gasteiger charge is -2.41. The number of unbranched alkanes of at least 4 members (excludes halogenated alkanes) is 1. The lowest BCUT2D eigenvalue weighted by molar-refractivity contribution is -0.937. The molecule has 2 aromatic carbocycles. The van der Waals surface area contributed by atoms with Gasteiger partial charge in [-0.15, -0.1) is 0 Å². The molecule has 0 radical (unpaired) electrons. The van der Waals surface area contributed by atoms with Gasteiger partial charge in [0.25, 0.3) is 0 Å². The highest BCUT2D eigenvalue weighted by Crippen LogP contribution is 2.46. The first kappa shape index (κ1) is 23.5. The molecule has 2 aromatic rings. The zero-order valence-electron chi connectivity index (χ0n) is 19.6. The van der Waals surface area contributed by atoms with Crippen molar-refractivity contribution in [2.24, 2.45) is 11.8 Å². The minimum absolute atomic E-state index is 0.178. The third-order valence-electron chi connectivity index (χ3n) is 8.07. The van der Waals surface area contributed by atoms with E-state index in [2.05, 4.69) is 38.1 Å². The highest BCUT2D eigenvalue weighted by molar-refractivity contribution is 7.85. The van der Waals surface area contributed by atoms with Crippen molar-refractivity contribution >= 4 is 10.1 Å². The van der Waals surface area contributed by atoms with Gasteiger partial charge in [0.05, 0.1) is 23.5 Å². The molecule has 0 spiro atoms. The summed E-state index contributed by atoms with van der Waals surface area (Å²) in [5.74, 6) is 2.86. The summed E-state index contributed by atoms with van der Waals surface area (Å²) in [6.45, 7) is 7.85. The monoisotopic (exact) mass is 455 g/mol. The van der Waals surface area contributed by atoms with E-state index in [1.807, 2.05) is 11.8 Å². The van der Waals surface area contributed by atoms with E-state index in [0.29, 0.717) is 0 Å². The van der Waals surface area contributed by atoms with E-state index < -0.39 is 10.1 Å². The van der Waals surface area contributed by atoms with Crippen molar-refractivity contribution in [3.63, 3.8) is 0 Å². The molecule has 5 rings (SSSR count). The maximum atomic E-state index is 10.4. The Morgan fingerprint density at radius 2 is 1.59 bits per heavy atom. The van der Waals surface area contributed by atoms with Gasteiger partial charge in [0, 0.05) is 31.1 Å². The third-order valence-corrected chi connectivity index (χ3v) is 8.92.